The minimum Gasteiger partial charge on any atom is -0.366 e. The second-order valence-corrected chi connectivity index (χ2v) is 7.31. The molecule has 1 atom stereocenters. The number of rotatable bonds is 5. The first-order valence-electron chi connectivity index (χ1n) is 8.18. The second kappa shape index (κ2) is 7.87. The van der Waals surface area contributed by atoms with Crippen LogP contribution in [0.15, 0.2) is 4.99 Å². The van der Waals surface area contributed by atoms with Crippen molar-refractivity contribution in [2.24, 2.45) is 16.8 Å². The van der Waals surface area contributed by atoms with Crippen LogP contribution in [0.25, 0.3) is 0 Å². The molecule has 1 aromatic heterocycles. The van der Waals surface area contributed by atoms with Crippen LogP contribution < -0.4 is 5.32 Å². The Morgan fingerprint density at radius 2 is 2.00 bits per heavy atom. The van der Waals surface area contributed by atoms with Gasteiger partial charge in [-0.25, -0.2) is 0 Å². The van der Waals surface area contributed by atoms with Gasteiger partial charge in [-0.2, -0.15) is 0 Å². The fourth-order valence-electron chi connectivity index (χ4n) is 2.60. The van der Waals surface area contributed by atoms with E-state index in [-0.39, 0.29) is 0 Å². The summed E-state index contributed by atoms with van der Waals surface area (Å²) in [6, 6.07) is 0.400. The van der Waals surface area contributed by atoms with Gasteiger partial charge in [-0.3, -0.25) is 4.99 Å². The summed E-state index contributed by atoms with van der Waals surface area (Å²) in [5, 5.41) is 7.71. The quantitative estimate of drug-likeness (QED) is 0.665. The van der Waals surface area contributed by atoms with Crippen molar-refractivity contribution in [2.75, 3.05) is 6.54 Å². The van der Waals surface area contributed by atoms with Crippen molar-refractivity contribution in [2.45, 2.75) is 65.8 Å². The van der Waals surface area contributed by atoms with Crippen molar-refractivity contribution in [3.8, 4) is 0 Å². The van der Waals surface area contributed by atoms with Gasteiger partial charge in [0.1, 0.15) is 10.7 Å². The first-order valence-corrected chi connectivity index (χ1v) is 8.95. The van der Waals surface area contributed by atoms with Crippen LogP contribution in [0.2, 0.25) is 0 Å². The van der Waals surface area contributed by atoms with Crippen LogP contribution in [0.4, 0.5) is 0 Å². The lowest BCUT2D eigenvalue weighted by Gasteiger charge is -2.22. The van der Waals surface area contributed by atoms with Crippen LogP contribution >= 0.6 is 11.5 Å². The molecule has 1 N–H and O–H groups in total. The predicted molar refractivity (Wildman–Crippen MR) is 90.1 cm³/mol. The average Bonchev–Trinajstić information content (AvgIpc) is 2.90. The lowest BCUT2D eigenvalue weighted by atomic mass is 9.89. The van der Waals surface area contributed by atoms with Gasteiger partial charge in [0.15, 0.2) is 0 Å². The summed E-state index contributed by atoms with van der Waals surface area (Å²) < 4.78 is 4.06. The number of hydrogen-bond acceptors (Lipinski definition) is 4. The van der Waals surface area contributed by atoms with Gasteiger partial charge in [0, 0.05) is 12.6 Å². The molecule has 2 rings (SSSR count). The minimum absolute atomic E-state index is 0.400. The third-order valence-electron chi connectivity index (χ3n) is 4.46. The molecule has 1 aromatic rings. The molecule has 0 aliphatic heterocycles. The molecule has 5 heteroatoms. The van der Waals surface area contributed by atoms with Crippen molar-refractivity contribution in [3.05, 3.63) is 10.6 Å². The van der Waals surface area contributed by atoms with E-state index in [0.717, 1.165) is 28.9 Å². The SMILES string of the molecule is Cc1nnsc1C(=NCC1CCCCC1)NC(C)C(C)C. The molecule has 0 aromatic carbocycles. The third-order valence-corrected chi connectivity index (χ3v) is 5.30. The van der Waals surface area contributed by atoms with Gasteiger partial charge >= 0.3 is 0 Å². The summed E-state index contributed by atoms with van der Waals surface area (Å²) >= 11 is 1.44. The molecule has 21 heavy (non-hydrogen) atoms. The maximum absolute atomic E-state index is 4.91. The second-order valence-electron chi connectivity index (χ2n) is 6.56. The van der Waals surface area contributed by atoms with E-state index in [9.17, 15) is 0 Å². The summed E-state index contributed by atoms with van der Waals surface area (Å²) in [6.07, 6.45) is 6.79. The number of nitrogens with zero attached hydrogens (tertiary/aromatic N) is 3. The number of aromatic nitrogens is 2. The average molecular weight is 308 g/mol. The molecule has 1 fully saturated rings. The van der Waals surface area contributed by atoms with Crippen molar-refractivity contribution in [1.82, 2.24) is 14.9 Å². The summed E-state index contributed by atoms with van der Waals surface area (Å²) in [5.74, 6) is 2.33. The maximum atomic E-state index is 4.91. The number of aliphatic imine (C=N–C) groups is 1. The van der Waals surface area contributed by atoms with Crippen molar-refractivity contribution in [1.29, 1.82) is 0 Å². The van der Waals surface area contributed by atoms with Gasteiger partial charge in [0.2, 0.25) is 0 Å². The zero-order chi connectivity index (χ0) is 15.2. The van der Waals surface area contributed by atoms with Crippen LogP contribution in [-0.2, 0) is 0 Å². The summed E-state index contributed by atoms with van der Waals surface area (Å²) in [6.45, 7) is 9.62. The number of amidine groups is 1. The Hall–Kier alpha value is -0.970. The van der Waals surface area contributed by atoms with Crippen LogP contribution in [0.5, 0.6) is 0 Å². The van der Waals surface area contributed by atoms with E-state index in [0.29, 0.717) is 12.0 Å². The lowest BCUT2D eigenvalue weighted by Crippen LogP contribution is -2.37. The highest BCUT2D eigenvalue weighted by atomic mass is 32.1. The number of hydrogen-bond donors (Lipinski definition) is 1. The first kappa shape index (κ1) is 16.4. The number of nitrogens with one attached hydrogen (secondary N) is 1. The molecule has 118 valence electrons. The minimum atomic E-state index is 0.400. The zero-order valence-electron chi connectivity index (χ0n) is 13.7. The van der Waals surface area contributed by atoms with Gasteiger partial charge < -0.3 is 5.32 Å². The van der Waals surface area contributed by atoms with Crippen LogP contribution in [0.1, 0.15) is 63.4 Å². The maximum Gasteiger partial charge on any atom is 0.142 e. The predicted octanol–water partition coefficient (Wildman–Crippen LogP) is 3.81. The summed E-state index contributed by atoms with van der Waals surface area (Å²) in [4.78, 5) is 6.00. The Labute approximate surface area is 132 Å². The monoisotopic (exact) mass is 308 g/mol. The molecule has 1 saturated carbocycles. The molecule has 4 nitrogen and oxygen atoms in total. The largest absolute Gasteiger partial charge is 0.366 e. The molecule has 0 saturated heterocycles. The molecule has 0 spiro atoms. The van der Waals surface area contributed by atoms with E-state index in [1.54, 1.807) is 0 Å². The van der Waals surface area contributed by atoms with Crippen molar-refractivity contribution >= 4 is 17.4 Å². The Morgan fingerprint density at radius 3 is 2.57 bits per heavy atom. The Bertz CT molecular complexity index is 461. The van der Waals surface area contributed by atoms with E-state index < -0.39 is 0 Å². The van der Waals surface area contributed by atoms with Gasteiger partial charge in [0.05, 0.1) is 5.69 Å². The van der Waals surface area contributed by atoms with E-state index >= 15 is 0 Å². The van der Waals surface area contributed by atoms with Gasteiger partial charge in [-0.1, -0.05) is 37.6 Å². The molecule has 0 amide bonds. The standard InChI is InChI=1S/C16H28N4S/c1-11(2)12(3)18-16(15-13(4)19-20-21-15)17-10-14-8-6-5-7-9-14/h11-12,14H,5-10H2,1-4H3,(H,17,18). The highest BCUT2D eigenvalue weighted by Gasteiger charge is 2.17. The highest BCUT2D eigenvalue weighted by Crippen LogP contribution is 2.24. The normalized spacial score (nSPS) is 19.0. The topological polar surface area (TPSA) is 50.2 Å². The molecule has 1 aliphatic rings. The summed E-state index contributed by atoms with van der Waals surface area (Å²) in [5.41, 5.74) is 0.978. The molecular formula is C16H28N4S. The molecule has 1 heterocycles. The van der Waals surface area contributed by atoms with Crippen molar-refractivity contribution < 1.29 is 0 Å². The van der Waals surface area contributed by atoms with E-state index in [1.807, 2.05) is 6.92 Å². The fourth-order valence-corrected chi connectivity index (χ4v) is 3.23. The van der Waals surface area contributed by atoms with E-state index in [4.69, 9.17) is 4.99 Å². The molecule has 1 unspecified atom stereocenters. The van der Waals surface area contributed by atoms with Crippen molar-refractivity contribution in [3.63, 3.8) is 0 Å². The Kier molecular flexibility index (Phi) is 6.15. The Balaban J connectivity index is 2.09. The lowest BCUT2D eigenvalue weighted by molar-refractivity contribution is 0.366. The third kappa shape index (κ3) is 4.77. The fraction of sp³-hybridized carbons (Fsp3) is 0.812. The molecule has 1 aliphatic carbocycles. The van der Waals surface area contributed by atoms with Crippen LogP contribution in [0, 0.1) is 18.8 Å². The van der Waals surface area contributed by atoms with Gasteiger partial charge in [0.25, 0.3) is 0 Å². The molecule has 0 bridgehead atoms. The van der Waals surface area contributed by atoms with E-state index in [1.165, 1.54) is 43.6 Å². The molecular weight excluding hydrogens is 280 g/mol. The smallest absolute Gasteiger partial charge is 0.142 e. The zero-order valence-corrected chi connectivity index (χ0v) is 14.5. The molecule has 0 radical (unpaired) electrons. The van der Waals surface area contributed by atoms with Crippen LogP contribution in [0.3, 0.4) is 0 Å². The highest BCUT2D eigenvalue weighted by molar-refractivity contribution is 7.08. The van der Waals surface area contributed by atoms with Crippen LogP contribution in [-0.4, -0.2) is 28.0 Å². The first-order chi connectivity index (χ1) is 10.1. The van der Waals surface area contributed by atoms with E-state index in [2.05, 4.69) is 35.7 Å². The van der Waals surface area contributed by atoms with Gasteiger partial charge in [-0.15, -0.1) is 5.10 Å². The summed E-state index contributed by atoms with van der Waals surface area (Å²) in [7, 11) is 0. The van der Waals surface area contributed by atoms with Gasteiger partial charge in [-0.05, 0) is 50.1 Å². The Morgan fingerprint density at radius 1 is 1.29 bits per heavy atom. The number of aryl methyl sites for hydroxylation is 1.